The lowest BCUT2D eigenvalue weighted by Gasteiger charge is -2.11. The van der Waals surface area contributed by atoms with E-state index in [0.717, 1.165) is 0 Å². The number of carbonyl (C=O) groups is 1. The lowest BCUT2D eigenvalue weighted by molar-refractivity contribution is 0.0696. The van der Waals surface area contributed by atoms with Gasteiger partial charge in [-0.3, -0.25) is 0 Å². The van der Waals surface area contributed by atoms with Gasteiger partial charge in [0.1, 0.15) is 0 Å². The number of benzene rings is 1. The summed E-state index contributed by atoms with van der Waals surface area (Å²) in [5.74, 6) is -1.12. The molecule has 0 spiro atoms. The minimum atomic E-state index is -3.71. The highest BCUT2D eigenvalue weighted by Gasteiger charge is 2.20. The molecule has 1 aromatic carbocycles. The highest BCUT2D eigenvalue weighted by Crippen LogP contribution is 2.23. The van der Waals surface area contributed by atoms with E-state index in [1.54, 1.807) is 6.92 Å². The highest BCUT2D eigenvalue weighted by atomic mass is 79.9. The summed E-state index contributed by atoms with van der Waals surface area (Å²) in [5, 5.41) is 8.79. The zero-order chi connectivity index (χ0) is 13.9. The Balaban J connectivity index is 3.18. The van der Waals surface area contributed by atoms with E-state index in [1.165, 1.54) is 24.3 Å². The van der Waals surface area contributed by atoms with Crippen molar-refractivity contribution in [3.63, 3.8) is 0 Å². The Bertz CT molecular complexity index is 583. The molecule has 0 saturated carbocycles. The summed E-state index contributed by atoms with van der Waals surface area (Å²) in [7, 11) is -3.71. The Labute approximate surface area is 114 Å². The van der Waals surface area contributed by atoms with Crippen molar-refractivity contribution in [1.82, 2.24) is 4.72 Å². The van der Waals surface area contributed by atoms with Gasteiger partial charge in [0.05, 0.1) is 10.5 Å². The molecule has 1 unspecified atom stereocenters. The standard InChI is InChI=1S/C11H12BrNO4S/c1-3-7(2)13-18(16,17)10-5-4-8(11(14)15)6-9(10)12/h3-7,13H,1H2,2H3,(H,14,15). The number of sulfonamides is 1. The predicted molar refractivity (Wildman–Crippen MR) is 71.1 cm³/mol. The first kappa shape index (κ1) is 14.9. The normalized spacial score (nSPS) is 13.0. The van der Waals surface area contributed by atoms with Crippen LogP contribution in [0.4, 0.5) is 0 Å². The molecule has 2 N–H and O–H groups in total. The summed E-state index contributed by atoms with van der Waals surface area (Å²) in [5.41, 5.74) is 0.0117. The molecule has 0 aliphatic heterocycles. The molecule has 0 bridgehead atoms. The molecule has 0 heterocycles. The Hall–Kier alpha value is -1.18. The summed E-state index contributed by atoms with van der Waals surface area (Å²) in [6.45, 7) is 5.12. The molecule has 1 aromatic rings. The van der Waals surface area contributed by atoms with Crippen LogP contribution < -0.4 is 4.72 Å². The van der Waals surface area contributed by atoms with Crippen molar-refractivity contribution in [3.05, 3.63) is 40.9 Å². The Morgan fingerprint density at radius 2 is 2.17 bits per heavy atom. The largest absolute Gasteiger partial charge is 0.478 e. The van der Waals surface area contributed by atoms with E-state index in [9.17, 15) is 13.2 Å². The fourth-order valence-electron chi connectivity index (χ4n) is 1.21. The third kappa shape index (κ3) is 3.41. The van der Waals surface area contributed by atoms with Crippen molar-refractivity contribution in [2.75, 3.05) is 0 Å². The molecular formula is C11H12BrNO4S. The lowest BCUT2D eigenvalue weighted by atomic mass is 10.2. The van der Waals surface area contributed by atoms with E-state index in [2.05, 4.69) is 27.2 Å². The summed E-state index contributed by atoms with van der Waals surface area (Å²) in [6.07, 6.45) is 1.46. The van der Waals surface area contributed by atoms with Crippen LogP contribution in [0.5, 0.6) is 0 Å². The fourth-order valence-corrected chi connectivity index (χ4v) is 3.50. The maximum absolute atomic E-state index is 12.0. The van der Waals surface area contributed by atoms with E-state index in [4.69, 9.17) is 5.11 Å². The number of carboxylic acids is 1. The van der Waals surface area contributed by atoms with Crippen LogP contribution in [0.25, 0.3) is 0 Å². The highest BCUT2D eigenvalue weighted by molar-refractivity contribution is 9.10. The van der Waals surface area contributed by atoms with Crippen LogP contribution in [-0.4, -0.2) is 25.5 Å². The van der Waals surface area contributed by atoms with Crippen molar-refractivity contribution in [1.29, 1.82) is 0 Å². The first-order valence-electron chi connectivity index (χ1n) is 4.95. The Morgan fingerprint density at radius 1 is 1.56 bits per heavy atom. The zero-order valence-electron chi connectivity index (χ0n) is 9.55. The maximum atomic E-state index is 12.0. The second-order valence-corrected chi connectivity index (χ2v) is 6.13. The van der Waals surface area contributed by atoms with E-state index >= 15 is 0 Å². The van der Waals surface area contributed by atoms with E-state index in [-0.39, 0.29) is 14.9 Å². The number of halogens is 1. The second kappa shape index (κ2) is 5.64. The third-order valence-electron chi connectivity index (χ3n) is 2.16. The Morgan fingerprint density at radius 3 is 2.61 bits per heavy atom. The van der Waals surface area contributed by atoms with Crippen LogP contribution in [0.1, 0.15) is 17.3 Å². The molecular weight excluding hydrogens is 322 g/mol. The third-order valence-corrected chi connectivity index (χ3v) is 4.70. The topological polar surface area (TPSA) is 83.5 Å². The first-order chi connectivity index (χ1) is 8.27. The van der Waals surface area contributed by atoms with Gasteiger partial charge in [-0.2, -0.15) is 0 Å². The van der Waals surface area contributed by atoms with Crippen LogP contribution in [0.15, 0.2) is 40.2 Å². The van der Waals surface area contributed by atoms with Gasteiger partial charge in [-0.25, -0.2) is 17.9 Å². The van der Waals surface area contributed by atoms with Gasteiger partial charge in [-0.05, 0) is 41.1 Å². The van der Waals surface area contributed by atoms with Crippen LogP contribution in [0.3, 0.4) is 0 Å². The summed E-state index contributed by atoms with van der Waals surface area (Å²) in [6, 6.07) is 3.31. The number of carboxylic acid groups (broad SMARTS) is 1. The number of aromatic carboxylic acids is 1. The molecule has 18 heavy (non-hydrogen) atoms. The molecule has 0 aliphatic rings. The lowest BCUT2D eigenvalue weighted by Crippen LogP contribution is -2.31. The minimum absolute atomic E-state index is 0.0117. The molecule has 98 valence electrons. The van der Waals surface area contributed by atoms with Crippen LogP contribution in [0, 0.1) is 0 Å². The van der Waals surface area contributed by atoms with Gasteiger partial charge in [0, 0.05) is 10.5 Å². The number of nitrogens with one attached hydrogen (secondary N) is 1. The zero-order valence-corrected chi connectivity index (χ0v) is 12.0. The number of hydrogen-bond donors (Lipinski definition) is 2. The minimum Gasteiger partial charge on any atom is -0.478 e. The fraction of sp³-hybridized carbons (Fsp3) is 0.182. The molecule has 0 amide bonds. The summed E-state index contributed by atoms with van der Waals surface area (Å²) in [4.78, 5) is 10.7. The molecule has 1 atom stereocenters. The number of rotatable bonds is 5. The van der Waals surface area contributed by atoms with E-state index in [1.807, 2.05) is 0 Å². The van der Waals surface area contributed by atoms with Gasteiger partial charge in [-0.1, -0.05) is 6.08 Å². The monoisotopic (exact) mass is 333 g/mol. The average Bonchev–Trinajstić information content (AvgIpc) is 2.27. The van der Waals surface area contributed by atoms with Crippen LogP contribution >= 0.6 is 15.9 Å². The molecule has 7 heteroatoms. The van der Waals surface area contributed by atoms with Crippen molar-refractivity contribution >= 4 is 31.9 Å². The summed E-state index contributed by atoms with van der Waals surface area (Å²) >= 11 is 3.05. The average molecular weight is 334 g/mol. The summed E-state index contributed by atoms with van der Waals surface area (Å²) < 4.78 is 26.5. The molecule has 0 aromatic heterocycles. The van der Waals surface area contributed by atoms with Gasteiger partial charge in [0.25, 0.3) is 0 Å². The van der Waals surface area contributed by atoms with E-state index in [0.29, 0.717) is 0 Å². The molecule has 0 saturated heterocycles. The van der Waals surface area contributed by atoms with Crippen molar-refractivity contribution < 1.29 is 18.3 Å². The quantitative estimate of drug-likeness (QED) is 0.807. The molecule has 0 aliphatic carbocycles. The molecule has 0 radical (unpaired) electrons. The van der Waals surface area contributed by atoms with Gasteiger partial charge < -0.3 is 5.11 Å². The Kier molecular flexibility index (Phi) is 4.66. The molecule has 0 fully saturated rings. The smallest absolute Gasteiger partial charge is 0.335 e. The van der Waals surface area contributed by atoms with Gasteiger partial charge in [-0.15, -0.1) is 6.58 Å². The second-order valence-electron chi connectivity index (χ2n) is 3.60. The van der Waals surface area contributed by atoms with Gasteiger partial charge >= 0.3 is 5.97 Å². The molecule has 1 rings (SSSR count). The SMILES string of the molecule is C=CC(C)NS(=O)(=O)c1ccc(C(=O)O)cc1Br. The van der Waals surface area contributed by atoms with Crippen molar-refractivity contribution in [2.24, 2.45) is 0 Å². The van der Waals surface area contributed by atoms with Crippen LogP contribution in [-0.2, 0) is 10.0 Å². The van der Waals surface area contributed by atoms with Crippen molar-refractivity contribution in [3.8, 4) is 0 Å². The van der Waals surface area contributed by atoms with Crippen LogP contribution in [0.2, 0.25) is 0 Å². The maximum Gasteiger partial charge on any atom is 0.335 e. The predicted octanol–water partition coefficient (Wildman–Crippen LogP) is 2.00. The molecule has 5 nitrogen and oxygen atoms in total. The van der Waals surface area contributed by atoms with E-state index < -0.39 is 22.0 Å². The first-order valence-corrected chi connectivity index (χ1v) is 7.23. The number of hydrogen-bond acceptors (Lipinski definition) is 3. The van der Waals surface area contributed by atoms with Gasteiger partial charge in [0.15, 0.2) is 0 Å². The van der Waals surface area contributed by atoms with Gasteiger partial charge in [0.2, 0.25) is 10.0 Å². The van der Waals surface area contributed by atoms with Crippen molar-refractivity contribution in [2.45, 2.75) is 17.9 Å².